The van der Waals surface area contributed by atoms with Crippen LogP contribution in [0.15, 0.2) is 5.11 Å². The quantitative estimate of drug-likeness (QED) is 0.518. The number of fused-ring (bicyclic) bond motifs is 2. The fraction of sp³-hybridized carbons (Fsp3) is 0.923. The number of hydrogen-bond acceptors (Lipinski definition) is 3. The number of cyclic esters (lactones) is 1. The van der Waals surface area contributed by atoms with Gasteiger partial charge in [0, 0.05) is 0 Å². The van der Waals surface area contributed by atoms with E-state index in [4.69, 9.17) is 4.74 Å². The fourth-order valence-corrected chi connectivity index (χ4v) is 4.23. The Morgan fingerprint density at radius 1 is 1.35 bits per heavy atom. The Kier molecular flexibility index (Phi) is 2.49. The van der Waals surface area contributed by atoms with Crippen molar-refractivity contribution in [3.63, 3.8) is 0 Å². The van der Waals surface area contributed by atoms with Crippen molar-refractivity contribution in [2.24, 2.45) is 22.9 Å². The van der Waals surface area contributed by atoms with Crippen LogP contribution in [-0.4, -0.2) is 17.6 Å². The third-order valence-electron chi connectivity index (χ3n) is 5.27. The zero-order valence-electron chi connectivity index (χ0n) is 10.3. The van der Waals surface area contributed by atoms with Gasteiger partial charge in [-0.15, -0.1) is 0 Å². The van der Waals surface area contributed by atoms with E-state index in [0.717, 1.165) is 12.8 Å². The van der Waals surface area contributed by atoms with Gasteiger partial charge >= 0.3 is 5.97 Å². The van der Waals surface area contributed by atoms with E-state index in [1.165, 1.54) is 25.7 Å². The zero-order chi connectivity index (χ0) is 12.0. The van der Waals surface area contributed by atoms with Gasteiger partial charge in [-0.05, 0) is 31.6 Å². The van der Waals surface area contributed by atoms with E-state index in [-0.39, 0.29) is 18.0 Å². The monoisotopic (exact) mass is 235 g/mol. The number of carbonyl (C=O) groups excluding carboxylic acids is 1. The van der Waals surface area contributed by atoms with E-state index in [0.29, 0.717) is 11.8 Å². The summed E-state index contributed by atoms with van der Waals surface area (Å²) in [6, 6.07) is 0. The largest absolute Gasteiger partial charge is 0.711 e. The molecule has 3 rings (SSSR count). The third kappa shape index (κ3) is 1.45. The first-order valence-electron chi connectivity index (χ1n) is 6.74. The van der Waals surface area contributed by atoms with Crippen LogP contribution in [0.25, 0.3) is 5.53 Å². The molecule has 0 bridgehead atoms. The predicted molar refractivity (Wildman–Crippen MR) is 62.2 cm³/mol. The Morgan fingerprint density at radius 3 is 2.76 bits per heavy atom. The Balaban J connectivity index is 1.92. The topological polar surface area (TPSA) is 61.0 Å². The van der Waals surface area contributed by atoms with Gasteiger partial charge in [-0.2, -0.15) is 0 Å². The molecular formula is C13H19N2O2-. The first-order chi connectivity index (χ1) is 8.17. The molecule has 4 nitrogen and oxygen atoms in total. The Morgan fingerprint density at radius 2 is 2.06 bits per heavy atom. The van der Waals surface area contributed by atoms with Crippen molar-refractivity contribution < 1.29 is 9.53 Å². The van der Waals surface area contributed by atoms with E-state index in [9.17, 15) is 10.3 Å². The molecule has 1 heterocycles. The van der Waals surface area contributed by atoms with E-state index in [1.54, 1.807) is 0 Å². The molecule has 0 aromatic carbocycles. The molecule has 0 aromatic heterocycles. The van der Waals surface area contributed by atoms with Crippen LogP contribution in [-0.2, 0) is 9.53 Å². The molecule has 5 atom stereocenters. The maximum absolute atomic E-state index is 11.9. The Bertz CT molecular complexity index is 357. The molecule has 0 unspecified atom stereocenters. The molecule has 94 valence electrons. The number of rotatable bonds is 1. The summed E-state index contributed by atoms with van der Waals surface area (Å²) >= 11 is 0. The van der Waals surface area contributed by atoms with Crippen molar-refractivity contribution >= 4 is 5.97 Å². The molecular weight excluding hydrogens is 216 g/mol. The van der Waals surface area contributed by atoms with Crippen molar-refractivity contribution in [3.8, 4) is 0 Å². The molecule has 4 heteroatoms. The summed E-state index contributed by atoms with van der Waals surface area (Å²) in [6.45, 7) is 1.86. The van der Waals surface area contributed by atoms with Crippen molar-refractivity contribution in [1.82, 2.24) is 0 Å². The van der Waals surface area contributed by atoms with Crippen molar-refractivity contribution in [2.45, 2.75) is 57.1 Å². The molecule has 0 spiro atoms. The van der Waals surface area contributed by atoms with E-state index in [2.05, 4.69) is 5.11 Å². The van der Waals surface area contributed by atoms with E-state index >= 15 is 0 Å². The van der Waals surface area contributed by atoms with Gasteiger partial charge in [0.15, 0.2) is 0 Å². The molecule has 0 amide bonds. The summed E-state index contributed by atoms with van der Waals surface area (Å²) in [5, 5.41) is 3.62. The molecule has 1 aliphatic heterocycles. The van der Waals surface area contributed by atoms with Crippen LogP contribution in [0.2, 0.25) is 0 Å². The van der Waals surface area contributed by atoms with Crippen LogP contribution < -0.4 is 0 Å². The molecule has 17 heavy (non-hydrogen) atoms. The molecule has 0 N–H and O–H groups in total. The molecule has 3 aliphatic rings. The van der Waals surface area contributed by atoms with E-state index < -0.39 is 5.54 Å². The molecule has 1 saturated heterocycles. The summed E-state index contributed by atoms with van der Waals surface area (Å²) < 4.78 is 5.32. The highest BCUT2D eigenvalue weighted by Crippen LogP contribution is 2.53. The van der Waals surface area contributed by atoms with Crippen molar-refractivity contribution in [1.29, 1.82) is 0 Å². The highest BCUT2D eigenvalue weighted by Gasteiger charge is 2.58. The normalized spacial score (nSPS) is 49.1. The second kappa shape index (κ2) is 3.79. The minimum atomic E-state index is -0.643. The lowest BCUT2D eigenvalue weighted by Crippen LogP contribution is -2.49. The predicted octanol–water partition coefficient (Wildman–Crippen LogP) is 2.91. The highest BCUT2D eigenvalue weighted by molar-refractivity contribution is 5.77. The van der Waals surface area contributed by atoms with Crippen LogP contribution in [0.5, 0.6) is 0 Å². The lowest BCUT2D eigenvalue weighted by atomic mass is 9.60. The Hall–Kier alpha value is -0.930. The molecule has 2 aliphatic carbocycles. The maximum Gasteiger partial charge on any atom is 0.311 e. The third-order valence-corrected chi connectivity index (χ3v) is 5.27. The second-order valence-electron chi connectivity index (χ2n) is 5.97. The maximum atomic E-state index is 11.9. The van der Waals surface area contributed by atoms with Gasteiger partial charge in [0.25, 0.3) is 0 Å². The lowest BCUT2D eigenvalue weighted by Gasteiger charge is -2.47. The summed E-state index contributed by atoms with van der Waals surface area (Å²) in [5.74, 6) is 0.899. The van der Waals surface area contributed by atoms with Crippen molar-refractivity contribution in [2.75, 3.05) is 0 Å². The highest BCUT2D eigenvalue weighted by atomic mass is 16.6. The van der Waals surface area contributed by atoms with Crippen molar-refractivity contribution in [3.05, 3.63) is 5.53 Å². The lowest BCUT2D eigenvalue weighted by molar-refractivity contribution is -0.144. The Labute approximate surface area is 102 Å². The molecule has 0 aromatic rings. The second-order valence-corrected chi connectivity index (χ2v) is 5.97. The number of esters is 1. The smallest absolute Gasteiger partial charge is 0.311 e. The van der Waals surface area contributed by atoms with Crippen LogP contribution in [0.4, 0.5) is 0 Å². The minimum absolute atomic E-state index is 0.153. The van der Waals surface area contributed by atoms with Gasteiger partial charge in [-0.25, -0.2) is 0 Å². The summed E-state index contributed by atoms with van der Waals surface area (Å²) in [4.78, 5) is 11.9. The van der Waals surface area contributed by atoms with Gasteiger partial charge in [0.2, 0.25) is 0 Å². The standard InChI is InChI=1S/C13H19N2O2/c1-8-13(15-14)7-10-5-3-2-4-9(10)6-11(13)12(16)17-8/h8-11H,2-7H2,1H3/q-1/t8-,9+,10+,11+,13+/m1/s1. The fourth-order valence-electron chi connectivity index (χ4n) is 4.23. The average Bonchev–Trinajstić information content (AvgIpc) is 2.59. The van der Waals surface area contributed by atoms with Crippen LogP contribution in [0.1, 0.15) is 45.4 Å². The first-order valence-corrected chi connectivity index (χ1v) is 6.74. The van der Waals surface area contributed by atoms with E-state index in [1.807, 2.05) is 6.92 Å². The SMILES string of the molecule is C[C@H]1OC(=O)[C@@H]2C[C@@H]3CCCC[C@H]3C[C@]12N=[N-]. The molecule has 0 radical (unpaired) electrons. The van der Waals surface area contributed by atoms with Crippen LogP contribution in [0.3, 0.4) is 0 Å². The molecule has 3 fully saturated rings. The minimum Gasteiger partial charge on any atom is -0.711 e. The summed E-state index contributed by atoms with van der Waals surface area (Å²) in [7, 11) is 0. The zero-order valence-corrected chi connectivity index (χ0v) is 10.3. The first kappa shape index (κ1) is 11.2. The van der Waals surface area contributed by atoms with Gasteiger partial charge in [0.05, 0.1) is 11.5 Å². The number of hydrogen-bond donors (Lipinski definition) is 0. The summed E-state index contributed by atoms with van der Waals surface area (Å²) in [6.07, 6.45) is 6.41. The number of carbonyl (C=O) groups is 1. The van der Waals surface area contributed by atoms with Gasteiger partial charge in [0.1, 0.15) is 6.10 Å². The van der Waals surface area contributed by atoms with Crippen LogP contribution in [0, 0.1) is 17.8 Å². The summed E-state index contributed by atoms with van der Waals surface area (Å²) in [5.41, 5.74) is 8.78. The van der Waals surface area contributed by atoms with Gasteiger partial charge < -0.3 is 15.4 Å². The number of ether oxygens (including phenoxy) is 1. The average molecular weight is 235 g/mol. The number of nitrogens with zero attached hydrogens (tertiary/aromatic N) is 2. The molecule has 2 saturated carbocycles. The van der Waals surface area contributed by atoms with Gasteiger partial charge in [-0.3, -0.25) is 4.79 Å². The van der Waals surface area contributed by atoms with Gasteiger partial charge in [-0.1, -0.05) is 25.7 Å². The van der Waals surface area contributed by atoms with Crippen LogP contribution >= 0.6 is 0 Å².